The van der Waals surface area contributed by atoms with Gasteiger partial charge in [0.15, 0.2) is 5.60 Å². The second kappa shape index (κ2) is 10.0. The molecular weight excluding hydrogens is 524 g/mol. The van der Waals surface area contributed by atoms with Gasteiger partial charge in [-0.15, -0.1) is 0 Å². The van der Waals surface area contributed by atoms with Gasteiger partial charge in [-0.3, -0.25) is 9.48 Å². The zero-order chi connectivity index (χ0) is 28.1. The van der Waals surface area contributed by atoms with Gasteiger partial charge in [0.2, 0.25) is 0 Å². The van der Waals surface area contributed by atoms with Gasteiger partial charge in [-0.2, -0.15) is 10.2 Å². The van der Waals surface area contributed by atoms with Crippen LogP contribution in [0.2, 0.25) is 5.02 Å². The molecule has 0 unspecified atom stereocenters. The third-order valence-electron chi connectivity index (χ3n) is 7.53. The summed E-state index contributed by atoms with van der Waals surface area (Å²) in [7, 11) is 3.13. The largest absolute Gasteiger partial charge is 0.494 e. The first kappa shape index (κ1) is 27.3. The molecule has 5 heterocycles. The highest BCUT2D eigenvalue weighted by molar-refractivity contribution is 6.34. The molecular formula is C27H35ClN6O5. The monoisotopic (exact) mass is 558 g/mol. The van der Waals surface area contributed by atoms with Gasteiger partial charge < -0.3 is 24.0 Å². The first-order valence-electron chi connectivity index (χ1n) is 13.0. The molecule has 0 radical (unpaired) electrons. The molecule has 0 aromatic carbocycles. The molecule has 0 bridgehead atoms. The van der Waals surface area contributed by atoms with E-state index in [-0.39, 0.29) is 25.0 Å². The maximum Gasteiger partial charge on any atom is 0.410 e. The maximum absolute atomic E-state index is 13.4. The van der Waals surface area contributed by atoms with Gasteiger partial charge in [-0.1, -0.05) is 11.6 Å². The highest BCUT2D eigenvalue weighted by Crippen LogP contribution is 2.35. The molecule has 2 amide bonds. The highest BCUT2D eigenvalue weighted by atomic mass is 35.5. The van der Waals surface area contributed by atoms with E-state index in [4.69, 9.17) is 30.9 Å². The third kappa shape index (κ3) is 4.93. The number of piperidine rings is 1. The Morgan fingerprint density at radius 1 is 1.08 bits per heavy atom. The summed E-state index contributed by atoms with van der Waals surface area (Å²) in [5.41, 5.74) is 2.04. The van der Waals surface area contributed by atoms with Gasteiger partial charge in [0.05, 0.1) is 43.7 Å². The maximum atomic E-state index is 13.4. The number of hydrogen-bond donors (Lipinski definition) is 0. The Balaban J connectivity index is 1.25. The fraction of sp³-hybridized carbons (Fsp3) is 0.556. The number of fused-ring (bicyclic) bond motifs is 1. The summed E-state index contributed by atoms with van der Waals surface area (Å²) < 4.78 is 20.4. The molecule has 3 aromatic heterocycles. The molecule has 2 aliphatic rings. The number of rotatable bonds is 5. The Bertz CT molecular complexity index is 1400. The van der Waals surface area contributed by atoms with Crippen molar-refractivity contribution in [3.05, 3.63) is 35.4 Å². The van der Waals surface area contributed by atoms with Crippen LogP contribution in [0.25, 0.3) is 16.6 Å². The second-order valence-corrected chi connectivity index (χ2v) is 11.6. The van der Waals surface area contributed by atoms with Crippen LogP contribution in [-0.2, 0) is 14.3 Å². The smallest absolute Gasteiger partial charge is 0.410 e. The van der Waals surface area contributed by atoms with Crippen LogP contribution in [-0.4, -0.2) is 92.8 Å². The van der Waals surface area contributed by atoms with E-state index in [0.717, 1.165) is 35.2 Å². The zero-order valence-corrected chi connectivity index (χ0v) is 24.0. The minimum atomic E-state index is -1.02. The summed E-state index contributed by atoms with van der Waals surface area (Å²) in [6, 6.07) is 2.10. The minimum Gasteiger partial charge on any atom is -0.494 e. The van der Waals surface area contributed by atoms with Crippen LogP contribution in [0.4, 0.5) is 4.79 Å². The Morgan fingerprint density at radius 3 is 2.38 bits per heavy atom. The van der Waals surface area contributed by atoms with Crippen LogP contribution in [0.1, 0.15) is 45.3 Å². The van der Waals surface area contributed by atoms with Crippen molar-refractivity contribution in [1.29, 1.82) is 0 Å². The van der Waals surface area contributed by atoms with Crippen LogP contribution in [0.3, 0.4) is 0 Å². The van der Waals surface area contributed by atoms with E-state index < -0.39 is 17.3 Å². The molecule has 39 heavy (non-hydrogen) atoms. The molecule has 3 aromatic rings. The summed E-state index contributed by atoms with van der Waals surface area (Å²) in [5, 5.41) is 9.57. The van der Waals surface area contributed by atoms with Gasteiger partial charge in [0.1, 0.15) is 16.9 Å². The summed E-state index contributed by atoms with van der Waals surface area (Å²) in [6.45, 7) is 9.05. The lowest BCUT2D eigenvalue weighted by Gasteiger charge is -2.49. The number of ether oxygens (including phenoxy) is 3. The first-order valence-corrected chi connectivity index (χ1v) is 13.4. The van der Waals surface area contributed by atoms with Crippen molar-refractivity contribution in [3.8, 4) is 16.9 Å². The standard InChI is InChI=1S/C27H35ClN6O5/c1-17-20(18-11-22(37-5)23-21(28)13-29-33(23)14-18)12-30-34(17)19-7-9-31(10-8-19)24(35)27(38-6)15-32(16-27)25(36)39-26(2,3)4/h11-14,19H,7-10,15-16H2,1-6H3. The quantitative estimate of drug-likeness (QED) is 0.467. The number of pyridine rings is 1. The van der Waals surface area contributed by atoms with E-state index in [1.807, 2.05) is 55.7 Å². The average Bonchev–Trinajstić information content (AvgIpc) is 3.44. The summed E-state index contributed by atoms with van der Waals surface area (Å²) in [5.74, 6) is 0.557. The molecule has 0 aliphatic carbocycles. The number of nitrogens with zero attached hydrogens (tertiary/aromatic N) is 6. The predicted molar refractivity (Wildman–Crippen MR) is 145 cm³/mol. The normalized spacial score (nSPS) is 17.8. The summed E-state index contributed by atoms with van der Waals surface area (Å²) in [4.78, 5) is 29.2. The van der Waals surface area contributed by atoms with Crippen LogP contribution < -0.4 is 4.74 Å². The SMILES string of the molecule is COc1cc(-c2cnn(C3CCN(C(=O)C4(OC)CN(C(=O)OC(C)(C)C)C4)CC3)c2C)cn2ncc(Cl)c12. The molecule has 0 N–H and O–H groups in total. The number of halogens is 1. The second-order valence-electron chi connectivity index (χ2n) is 11.2. The zero-order valence-electron chi connectivity index (χ0n) is 23.2. The molecule has 5 rings (SSSR count). The van der Waals surface area contributed by atoms with Crippen molar-refractivity contribution in [3.63, 3.8) is 0 Å². The number of likely N-dealkylation sites (tertiary alicyclic amines) is 2. The lowest BCUT2D eigenvalue weighted by molar-refractivity contribution is -0.176. The van der Waals surface area contributed by atoms with Crippen molar-refractivity contribution < 1.29 is 23.8 Å². The number of hydrogen-bond acceptors (Lipinski definition) is 7. The number of methoxy groups -OCH3 is 2. The molecule has 11 nitrogen and oxygen atoms in total. The van der Waals surface area contributed by atoms with E-state index in [9.17, 15) is 9.59 Å². The first-order chi connectivity index (χ1) is 18.5. The van der Waals surface area contributed by atoms with Crippen molar-refractivity contribution >= 4 is 29.1 Å². The molecule has 0 spiro atoms. The molecule has 210 valence electrons. The number of amides is 2. The van der Waals surface area contributed by atoms with E-state index >= 15 is 0 Å². The molecule has 12 heteroatoms. The van der Waals surface area contributed by atoms with Crippen molar-refractivity contribution in [2.45, 2.75) is 57.8 Å². The van der Waals surface area contributed by atoms with Gasteiger partial charge >= 0.3 is 6.09 Å². The van der Waals surface area contributed by atoms with Gasteiger partial charge in [-0.05, 0) is 46.6 Å². The molecule has 0 atom stereocenters. The van der Waals surface area contributed by atoms with Crippen LogP contribution in [0.5, 0.6) is 5.75 Å². The number of carbonyl (C=O) groups excluding carboxylic acids is 2. The fourth-order valence-electron chi connectivity index (χ4n) is 5.41. The Hall–Kier alpha value is -3.31. The molecule has 2 fully saturated rings. The van der Waals surface area contributed by atoms with E-state index in [1.54, 1.807) is 17.8 Å². The number of aromatic nitrogens is 4. The number of carbonyl (C=O) groups is 2. The minimum absolute atomic E-state index is 0.0839. The van der Waals surface area contributed by atoms with E-state index in [0.29, 0.717) is 23.9 Å². The topological polar surface area (TPSA) is 103 Å². The Morgan fingerprint density at radius 2 is 1.77 bits per heavy atom. The van der Waals surface area contributed by atoms with Crippen LogP contribution in [0, 0.1) is 6.92 Å². The van der Waals surface area contributed by atoms with Gasteiger partial charge in [0, 0.05) is 43.2 Å². The fourth-order valence-corrected chi connectivity index (χ4v) is 5.63. The van der Waals surface area contributed by atoms with Crippen LogP contribution >= 0.6 is 11.6 Å². The summed E-state index contributed by atoms with van der Waals surface area (Å²) >= 11 is 6.28. The van der Waals surface area contributed by atoms with Gasteiger partial charge in [0.25, 0.3) is 5.91 Å². The predicted octanol–water partition coefficient (Wildman–Crippen LogP) is 3.97. The Kier molecular flexibility index (Phi) is 7.00. The Labute approximate surface area is 232 Å². The van der Waals surface area contributed by atoms with Crippen LogP contribution in [0.15, 0.2) is 24.7 Å². The lowest BCUT2D eigenvalue weighted by atomic mass is 9.91. The summed E-state index contributed by atoms with van der Waals surface area (Å²) in [6.07, 6.45) is 6.47. The lowest BCUT2D eigenvalue weighted by Crippen LogP contribution is -2.71. The van der Waals surface area contributed by atoms with Gasteiger partial charge in [-0.25, -0.2) is 9.31 Å². The third-order valence-corrected chi connectivity index (χ3v) is 7.81. The molecule has 2 saturated heterocycles. The van der Waals surface area contributed by atoms with Crippen molar-refractivity contribution in [1.82, 2.24) is 29.2 Å². The van der Waals surface area contributed by atoms with Crippen molar-refractivity contribution in [2.24, 2.45) is 0 Å². The molecule has 0 saturated carbocycles. The van der Waals surface area contributed by atoms with E-state index in [2.05, 4.69) is 5.10 Å². The van der Waals surface area contributed by atoms with Crippen molar-refractivity contribution in [2.75, 3.05) is 40.4 Å². The average molecular weight is 559 g/mol. The van der Waals surface area contributed by atoms with E-state index in [1.165, 1.54) is 12.0 Å². The molecule has 2 aliphatic heterocycles. The highest BCUT2D eigenvalue weighted by Gasteiger charge is 2.54.